The zero-order valence-electron chi connectivity index (χ0n) is 15.1. The number of aromatic carboxylic acids is 1. The van der Waals surface area contributed by atoms with Crippen LogP contribution in [0.3, 0.4) is 0 Å². The van der Waals surface area contributed by atoms with Gasteiger partial charge in [0.1, 0.15) is 0 Å². The molecule has 0 aromatic heterocycles. The maximum Gasteiger partial charge on any atom is 0.573 e. The summed E-state index contributed by atoms with van der Waals surface area (Å²) in [5, 5.41) is 9.04. The molecular formula is C19H12F8O4. The fourth-order valence-corrected chi connectivity index (χ4v) is 2.46. The first kappa shape index (κ1) is 24.0. The highest BCUT2D eigenvalue weighted by atomic mass is 19.4. The van der Waals surface area contributed by atoms with Crippen LogP contribution < -0.4 is 9.47 Å². The standard InChI is InChI=1S/C19H12F8O4/c20-17(21,10-12-3-1-2-4-13(12)16(28)29)8-7-11-5-6-14(30-18(22,23)24)15(9-11)31-19(25,26)27/h1-9H,10H2,(H,28,29)/b8-7+. The Morgan fingerprint density at radius 2 is 1.45 bits per heavy atom. The normalized spacial score (nSPS) is 12.8. The molecule has 0 spiro atoms. The minimum Gasteiger partial charge on any atom is -0.478 e. The van der Waals surface area contributed by atoms with Crippen molar-refractivity contribution in [2.75, 3.05) is 0 Å². The molecule has 0 atom stereocenters. The van der Waals surface area contributed by atoms with Crippen molar-refractivity contribution in [2.45, 2.75) is 25.1 Å². The lowest BCUT2D eigenvalue weighted by Gasteiger charge is -2.16. The number of carboxylic acids is 1. The van der Waals surface area contributed by atoms with Crippen LogP contribution in [-0.2, 0) is 6.42 Å². The van der Waals surface area contributed by atoms with Gasteiger partial charge in [-0.2, -0.15) is 0 Å². The predicted molar refractivity (Wildman–Crippen MR) is 90.9 cm³/mol. The zero-order chi connectivity index (χ0) is 23.4. The number of allylic oxidation sites excluding steroid dienone is 1. The van der Waals surface area contributed by atoms with Gasteiger partial charge in [0.2, 0.25) is 0 Å². The lowest BCUT2D eigenvalue weighted by molar-refractivity contribution is -0.287. The topological polar surface area (TPSA) is 55.8 Å². The highest BCUT2D eigenvalue weighted by Crippen LogP contribution is 2.37. The van der Waals surface area contributed by atoms with E-state index in [1.807, 2.05) is 0 Å². The third kappa shape index (κ3) is 7.79. The van der Waals surface area contributed by atoms with Crippen molar-refractivity contribution in [1.82, 2.24) is 0 Å². The number of hydrogen-bond acceptors (Lipinski definition) is 3. The van der Waals surface area contributed by atoms with Crippen LogP contribution in [0.4, 0.5) is 35.1 Å². The lowest BCUT2D eigenvalue weighted by Crippen LogP contribution is -2.21. The van der Waals surface area contributed by atoms with Gasteiger partial charge < -0.3 is 14.6 Å². The molecule has 0 saturated heterocycles. The largest absolute Gasteiger partial charge is 0.573 e. The molecule has 0 heterocycles. The van der Waals surface area contributed by atoms with E-state index in [2.05, 4.69) is 9.47 Å². The summed E-state index contributed by atoms with van der Waals surface area (Å²) in [5.41, 5.74) is -0.898. The highest BCUT2D eigenvalue weighted by Gasteiger charge is 2.36. The molecular weight excluding hydrogens is 444 g/mol. The van der Waals surface area contributed by atoms with E-state index in [4.69, 9.17) is 5.11 Å². The second-order valence-electron chi connectivity index (χ2n) is 6.04. The van der Waals surface area contributed by atoms with Crippen LogP contribution in [0.5, 0.6) is 11.5 Å². The Kier molecular flexibility index (Phi) is 6.82. The van der Waals surface area contributed by atoms with Gasteiger partial charge in [0, 0.05) is 6.42 Å². The number of benzene rings is 2. The molecule has 0 fully saturated rings. The molecule has 2 rings (SSSR count). The average Bonchev–Trinajstić information content (AvgIpc) is 2.59. The summed E-state index contributed by atoms with van der Waals surface area (Å²) in [6, 6.07) is 6.71. The summed E-state index contributed by atoms with van der Waals surface area (Å²) in [7, 11) is 0. The molecule has 1 N–H and O–H groups in total. The van der Waals surface area contributed by atoms with E-state index in [0.717, 1.165) is 12.1 Å². The summed E-state index contributed by atoms with van der Waals surface area (Å²) >= 11 is 0. The van der Waals surface area contributed by atoms with Gasteiger partial charge in [-0.1, -0.05) is 30.3 Å². The smallest absolute Gasteiger partial charge is 0.478 e. The monoisotopic (exact) mass is 456 g/mol. The lowest BCUT2D eigenvalue weighted by atomic mass is 10.0. The van der Waals surface area contributed by atoms with Crippen molar-refractivity contribution in [2.24, 2.45) is 0 Å². The Bertz CT molecular complexity index is 964. The Balaban J connectivity index is 2.30. The van der Waals surface area contributed by atoms with E-state index < -0.39 is 42.5 Å². The van der Waals surface area contributed by atoms with Crippen molar-refractivity contribution in [3.63, 3.8) is 0 Å². The molecule has 0 bridgehead atoms. The van der Waals surface area contributed by atoms with Crippen molar-refractivity contribution >= 4 is 12.0 Å². The van der Waals surface area contributed by atoms with Crippen molar-refractivity contribution in [3.05, 3.63) is 65.2 Å². The second-order valence-corrected chi connectivity index (χ2v) is 6.04. The van der Waals surface area contributed by atoms with Crippen LogP contribution in [0, 0.1) is 0 Å². The summed E-state index contributed by atoms with van der Waals surface area (Å²) in [4.78, 5) is 11.1. The Hall–Kier alpha value is -3.31. The molecule has 2 aromatic carbocycles. The molecule has 12 heteroatoms. The Morgan fingerprint density at radius 1 is 0.871 bits per heavy atom. The summed E-state index contributed by atoms with van der Waals surface area (Å²) in [6.07, 6.45) is -10.8. The van der Waals surface area contributed by atoms with Crippen molar-refractivity contribution in [3.8, 4) is 11.5 Å². The van der Waals surface area contributed by atoms with E-state index in [0.29, 0.717) is 18.2 Å². The maximum atomic E-state index is 14.2. The second kappa shape index (κ2) is 8.82. The van der Waals surface area contributed by atoms with Gasteiger partial charge in [0.05, 0.1) is 5.56 Å². The third-order valence-electron chi connectivity index (χ3n) is 3.61. The summed E-state index contributed by atoms with van der Waals surface area (Å²) in [5.74, 6) is -7.75. The highest BCUT2D eigenvalue weighted by molar-refractivity contribution is 5.89. The SMILES string of the molecule is O=C(O)c1ccccc1CC(F)(F)/C=C/c1ccc(OC(F)(F)F)c(OC(F)(F)F)c1. The number of alkyl halides is 8. The van der Waals surface area contributed by atoms with Crippen LogP contribution in [-0.4, -0.2) is 29.7 Å². The van der Waals surface area contributed by atoms with Crippen LogP contribution in [0.25, 0.3) is 6.08 Å². The molecule has 0 aliphatic heterocycles. The van der Waals surface area contributed by atoms with Crippen molar-refractivity contribution < 1.29 is 54.5 Å². The van der Waals surface area contributed by atoms with Crippen LogP contribution >= 0.6 is 0 Å². The molecule has 0 amide bonds. The summed E-state index contributed by atoms with van der Waals surface area (Å²) < 4.78 is 110. The number of carboxylic acid groups (broad SMARTS) is 1. The molecule has 31 heavy (non-hydrogen) atoms. The van der Waals surface area contributed by atoms with Gasteiger partial charge in [0.25, 0.3) is 5.92 Å². The van der Waals surface area contributed by atoms with E-state index in [9.17, 15) is 39.9 Å². The van der Waals surface area contributed by atoms with Gasteiger partial charge in [-0.05, 0) is 35.4 Å². The van der Waals surface area contributed by atoms with Gasteiger partial charge >= 0.3 is 18.7 Å². The molecule has 0 radical (unpaired) electrons. The van der Waals surface area contributed by atoms with E-state index in [1.54, 1.807) is 0 Å². The minimum absolute atomic E-state index is 0.195. The first-order valence-electron chi connectivity index (χ1n) is 8.19. The molecule has 0 saturated carbocycles. The zero-order valence-corrected chi connectivity index (χ0v) is 15.1. The van der Waals surface area contributed by atoms with Crippen LogP contribution in [0.15, 0.2) is 48.5 Å². The maximum absolute atomic E-state index is 14.2. The molecule has 0 unspecified atom stereocenters. The first-order chi connectivity index (χ1) is 14.2. The molecule has 0 aliphatic carbocycles. The Morgan fingerprint density at radius 3 is 2.03 bits per heavy atom. The Labute approximate surface area is 169 Å². The average molecular weight is 456 g/mol. The van der Waals surface area contributed by atoms with Gasteiger partial charge in [-0.25, -0.2) is 13.6 Å². The van der Waals surface area contributed by atoms with E-state index in [-0.39, 0.29) is 22.8 Å². The van der Waals surface area contributed by atoms with Gasteiger partial charge in [-0.15, -0.1) is 26.3 Å². The molecule has 0 aliphatic rings. The van der Waals surface area contributed by atoms with E-state index >= 15 is 0 Å². The predicted octanol–water partition coefficient (Wildman–Crippen LogP) is 6.07. The number of hydrogen-bond donors (Lipinski definition) is 1. The number of carbonyl (C=O) groups is 1. The fourth-order valence-electron chi connectivity index (χ4n) is 2.46. The van der Waals surface area contributed by atoms with Gasteiger partial charge in [-0.3, -0.25) is 0 Å². The first-order valence-corrected chi connectivity index (χ1v) is 8.19. The number of ether oxygens (including phenoxy) is 2. The summed E-state index contributed by atoms with van der Waals surface area (Å²) in [6.45, 7) is 0. The number of rotatable bonds is 7. The van der Waals surface area contributed by atoms with Gasteiger partial charge in [0.15, 0.2) is 11.5 Å². The molecule has 168 valence electrons. The van der Waals surface area contributed by atoms with Crippen molar-refractivity contribution in [1.29, 1.82) is 0 Å². The molecule has 2 aromatic rings. The quantitative estimate of drug-likeness (QED) is 0.514. The third-order valence-corrected chi connectivity index (χ3v) is 3.61. The number of halogens is 8. The van der Waals surface area contributed by atoms with Crippen LogP contribution in [0.1, 0.15) is 21.5 Å². The minimum atomic E-state index is -5.36. The fraction of sp³-hybridized carbons (Fsp3) is 0.211. The van der Waals surface area contributed by atoms with E-state index in [1.165, 1.54) is 18.2 Å². The van der Waals surface area contributed by atoms with Crippen LogP contribution in [0.2, 0.25) is 0 Å². The molecule has 4 nitrogen and oxygen atoms in total.